The number of nitrogens with one attached hydrogen (secondary N) is 1. The number of rotatable bonds is 6. The van der Waals surface area contributed by atoms with E-state index >= 15 is 0 Å². The smallest absolute Gasteiger partial charge is 0.210 e. The van der Waals surface area contributed by atoms with E-state index in [9.17, 15) is 13.6 Å². The molecule has 0 atom stereocenters. The molecule has 2 aliphatic heterocycles. The maximum Gasteiger partial charge on any atom is 0.210 e. The van der Waals surface area contributed by atoms with Gasteiger partial charge in [-0.05, 0) is 50.7 Å². The molecule has 1 fully saturated rings. The summed E-state index contributed by atoms with van der Waals surface area (Å²) in [5.41, 5.74) is 2.39. The van der Waals surface area contributed by atoms with Crippen LogP contribution >= 0.6 is 0 Å². The van der Waals surface area contributed by atoms with Gasteiger partial charge in [-0.25, -0.2) is 18.7 Å². The lowest BCUT2D eigenvalue weighted by molar-refractivity contribution is -0.119. The standard InChI is InChI=1S/C23H29F2N5O/c1-15(2)26-22-23(28-20-7-8-29(14-31)13-21(20)27-22)30-9-5-16(6-10-30)11-17-3-4-18(24)12-19(17)25/h3-4,12,14-16H,5-11,13H2,1-2H3,(H,26,27). The lowest BCUT2D eigenvalue weighted by Gasteiger charge is -2.35. The second-order valence-electron chi connectivity index (χ2n) is 8.78. The van der Waals surface area contributed by atoms with Gasteiger partial charge in [-0.15, -0.1) is 0 Å². The molecule has 0 saturated carbocycles. The maximum absolute atomic E-state index is 14.0. The molecule has 3 heterocycles. The highest BCUT2D eigenvalue weighted by Crippen LogP contribution is 2.31. The summed E-state index contributed by atoms with van der Waals surface area (Å²) in [6.07, 6.45) is 4.01. The first-order valence-electron chi connectivity index (χ1n) is 11.0. The average Bonchev–Trinajstić information content (AvgIpc) is 2.75. The third kappa shape index (κ3) is 4.94. The minimum Gasteiger partial charge on any atom is -0.365 e. The van der Waals surface area contributed by atoms with Crippen LogP contribution in [-0.4, -0.2) is 47.0 Å². The van der Waals surface area contributed by atoms with Crippen molar-refractivity contribution >= 4 is 18.0 Å². The minimum atomic E-state index is -0.538. The summed E-state index contributed by atoms with van der Waals surface area (Å²) in [5, 5.41) is 3.41. The second-order valence-corrected chi connectivity index (χ2v) is 8.78. The van der Waals surface area contributed by atoms with Crippen LogP contribution in [0.2, 0.25) is 0 Å². The number of nitrogens with zero attached hydrogens (tertiary/aromatic N) is 4. The number of carbonyl (C=O) groups is 1. The molecule has 2 aromatic rings. The SMILES string of the molecule is CC(C)Nc1nc2c(nc1N1CCC(Cc3ccc(F)cc3F)CC1)CCN(C=O)C2. The zero-order valence-electron chi connectivity index (χ0n) is 18.1. The number of piperidine rings is 1. The number of amides is 1. The molecule has 1 aromatic heterocycles. The van der Waals surface area contributed by atoms with E-state index in [1.54, 1.807) is 11.0 Å². The number of hydrogen-bond acceptors (Lipinski definition) is 5. The molecule has 31 heavy (non-hydrogen) atoms. The summed E-state index contributed by atoms with van der Waals surface area (Å²) in [5.74, 6) is 0.965. The van der Waals surface area contributed by atoms with Gasteiger partial charge in [0.05, 0.1) is 17.9 Å². The van der Waals surface area contributed by atoms with Crippen LogP contribution in [0.4, 0.5) is 20.4 Å². The first kappa shape index (κ1) is 21.5. The number of fused-ring (bicyclic) bond motifs is 1. The number of benzene rings is 1. The topological polar surface area (TPSA) is 61.4 Å². The zero-order valence-corrected chi connectivity index (χ0v) is 18.1. The summed E-state index contributed by atoms with van der Waals surface area (Å²) >= 11 is 0. The molecule has 0 unspecified atom stereocenters. The van der Waals surface area contributed by atoms with E-state index in [0.29, 0.717) is 37.4 Å². The van der Waals surface area contributed by atoms with E-state index in [0.717, 1.165) is 61.4 Å². The van der Waals surface area contributed by atoms with Crippen LogP contribution in [0.5, 0.6) is 0 Å². The molecule has 8 heteroatoms. The van der Waals surface area contributed by atoms with Crippen molar-refractivity contribution in [3.8, 4) is 0 Å². The molecule has 0 spiro atoms. The Bertz CT molecular complexity index is 944. The number of aromatic nitrogens is 2. The number of carbonyl (C=O) groups excluding carboxylic acids is 1. The number of halogens is 2. The highest BCUT2D eigenvalue weighted by molar-refractivity contribution is 5.63. The lowest BCUT2D eigenvalue weighted by atomic mass is 9.90. The van der Waals surface area contributed by atoms with Crippen LogP contribution in [0, 0.1) is 17.6 Å². The van der Waals surface area contributed by atoms with E-state index < -0.39 is 11.6 Å². The first-order valence-corrected chi connectivity index (χ1v) is 11.0. The molecule has 0 bridgehead atoms. The van der Waals surface area contributed by atoms with Gasteiger partial charge in [0, 0.05) is 38.2 Å². The third-order valence-electron chi connectivity index (χ3n) is 6.03. The van der Waals surface area contributed by atoms with Gasteiger partial charge in [-0.1, -0.05) is 6.07 Å². The molecule has 1 saturated heterocycles. The molecular formula is C23H29F2N5O. The van der Waals surface area contributed by atoms with Gasteiger partial charge >= 0.3 is 0 Å². The molecule has 6 nitrogen and oxygen atoms in total. The molecule has 4 rings (SSSR count). The number of anilines is 2. The minimum absolute atomic E-state index is 0.204. The molecule has 1 N–H and O–H groups in total. The summed E-state index contributed by atoms with van der Waals surface area (Å²) in [6.45, 7) is 6.90. The van der Waals surface area contributed by atoms with Crippen LogP contribution in [0.25, 0.3) is 0 Å². The van der Waals surface area contributed by atoms with Crippen LogP contribution < -0.4 is 10.2 Å². The van der Waals surface area contributed by atoms with Crippen LogP contribution in [-0.2, 0) is 24.2 Å². The summed E-state index contributed by atoms with van der Waals surface area (Å²) in [4.78, 5) is 24.9. The Hall–Kier alpha value is -2.77. The Morgan fingerprint density at radius 2 is 1.94 bits per heavy atom. The van der Waals surface area contributed by atoms with Crippen molar-refractivity contribution in [1.29, 1.82) is 0 Å². The molecule has 2 aliphatic rings. The third-order valence-corrected chi connectivity index (χ3v) is 6.03. The van der Waals surface area contributed by atoms with Crippen molar-refractivity contribution in [3.63, 3.8) is 0 Å². The van der Waals surface area contributed by atoms with Crippen molar-refractivity contribution in [2.75, 3.05) is 29.9 Å². The summed E-state index contributed by atoms with van der Waals surface area (Å²) in [7, 11) is 0. The predicted molar refractivity (Wildman–Crippen MR) is 116 cm³/mol. The summed E-state index contributed by atoms with van der Waals surface area (Å²) < 4.78 is 27.2. The molecule has 166 valence electrons. The van der Waals surface area contributed by atoms with Gasteiger partial charge in [0.1, 0.15) is 11.6 Å². The van der Waals surface area contributed by atoms with Crippen molar-refractivity contribution in [3.05, 3.63) is 46.8 Å². The Kier molecular flexibility index (Phi) is 6.34. The van der Waals surface area contributed by atoms with Gasteiger partial charge in [0.15, 0.2) is 11.6 Å². The summed E-state index contributed by atoms with van der Waals surface area (Å²) in [6, 6.07) is 4.05. The van der Waals surface area contributed by atoms with Gasteiger partial charge in [-0.3, -0.25) is 4.79 Å². The fourth-order valence-corrected chi connectivity index (χ4v) is 4.37. The van der Waals surface area contributed by atoms with E-state index in [1.165, 1.54) is 6.07 Å². The molecule has 0 aliphatic carbocycles. The number of hydrogen-bond donors (Lipinski definition) is 1. The zero-order chi connectivity index (χ0) is 22.0. The predicted octanol–water partition coefficient (Wildman–Crippen LogP) is 3.55. The van der Waals surface area contributed by atoms with E-state index in [4.69, 9.17) is 9.97 Å². The van der Waals surface area contributed by atoms with Crippen molar-refractivity contribution in [1.82, 2.24) is 14.9 Å². The maximum atomic E-state index is 14.0. The van der Waals surface area contributed by atoms with E-state index in [-0.39, 0.29) is 6.04 Å². The van der Waals surface area contributed by atoms with Crippen LogP contribution in [0.3, 0.4) is 0 Å². The largest absolute Gasteiger partial charge is 0.365 e. The Morgan fingerprint density at radius 3 is 2.61 bits per heavy atom. The quantitative estimate of drug-likeness (QED) is 0.712. The van der Waals surface area contributed by atoms with Gasteiger partial charge in [0.2, 0.25) is 6.41 Å². The van der Waals surface area contributed by atoms with Crippen LogP contribution in [0.15, 0.2) is 18.2 Å². The van der Waals surface area contributed by atoms with E-state index in [2.05, 4.69) is 24.1 Å². The van der Waals surface area contributed by atoms with Gasteiger partial charge in [0.25, 0.3) is 0 Å². The Balaban J connectivity index is 1.48. The monoisotopic (exact) mass is 429 g/mol. The fourth-order valence-electron chi connectivity index (χ4n) is 4.37. The first-order chi connectivity index (χ1) is 14.9. The normalized spacial score (nSPS) is 17.1. The van der Waals surface area contributed by atoms with Gasteiger partial charge in [-0.2, -0.15) is 0 Å². The van der Waals surface area contributed by atoms with Crippen molar-refractivity contribution in [2.24, 2.45) is 5.92 Å². The lowest BCUT2D eigenvalue weighted by Crippen LogP contribution is -2.37. The molecule has 1 aromatic carbocycles. The molecule has 0 radical (unpaired) electrons. The van der Waals surface area contributed by atoms with Crippen molar-refractivity contribution < 1.29 is 13.6 Å². The van der Waals surface area contributed by atoms with Crippen LogP contribution in [0.1, 0.15) is 43.6 Å². The molecular weight excluding hydrogens is 400 g/mol. The Morgan fingerprint density at radius 1 is 1.16 bits per heavy atom. The fraction of sp³-hybridized carbons (Fsp3) is 0.522. The molecule has 1 amide bonds. The van der Waals surface area contributed by atoms with E-state index in [1.807, 2.05) is 0 Å². The highest BCUT2D eigenvalue weighted by atomic mass is 19.1. The average molecular weight is 430 g/mol. The van der Waals surface area contributed by atoms with Gasteiger partial charge < -0.3 is 15.1 Å². The van der Waals surface area contributed by atoms with Crippen molar-refractivity contribution in [2.45, 2.75) is 52.1 Å². The second kappa shape index (κ2) is 9.16. The highest BCUT2D eigenvalue weighted by Gasteiger charge is 2.27. The Labute approximate surface area is 181 Å².